The first-order chi connectivity index (χ1) is 39.0. The van der Waals surface area contributed by atoms with Gasteiger partial charge in [0.25, 0.3) is 0 Å². The van der Waals surface area contributed by atoms with E-state index in [0.29, 0.717) is 19.3 Å². The van der Waals surface area contributed by atoms with Crippen molar-refractivity contribution in [3.05, 3.63) is 72.9 Å². The highest BCUT2D eigenvalue weighted by atomic mass is 16.6. The van der Waals surface area contributed by atoms with Crippen LogP contribution in [0.15, 0.2) is 72.9 Å². The molecule has 0 N–H and O–H groups in total. The monoisotopic (exact) mass is 1100 g/mol. The molecule has 0 aromatic heterocycles. The Morgan fingerprint density at radius 3 is 0.810 bits per heavy atom. The van der Waals surface area contributed by atoms with Crippen molar-refractivity contribution in [3.8, 4) is 0 Å². The number of hydrogen-bond acceptors (Lipinski definition) is 6. The Hall–Kier alpha value is -3.15. The summed E-state index contributed by atoms with van der Waals surface area (Å²) < 4.78 is 16.9. The average molecular weight is 1100 g/mol. The summed E-state index contributed by atoms with van der Waals surface area (Å²) in [5.74, 6) is -0.870. The Balaban J connectivity index is 4.17. The van der Waals surface area contributed by atoms with Crippen molar-refractivity contribution in [2.24, 2.45) is 0 Å². The molecule has 0 rings (SSSR count). The van der Waals surface area contributed by atoms with Crippen LogP contribution in [0.25, 0.3) is 0 Å². The molecule has 0 aliphatic heterocycles. The van der Waals surface area contributed by atoms with Gasteiger partial charge in [0, 0.05) is 19.3 Å². The third-order valence-electron chi connectivity index (χ3n) is 15.2. The van der Waals surface area contributed by atoms with E-state index in [4.69, 9.17) is 14.2 Å². The van der Waals surface area contributed by atoms with E-state index in [0.717, 1.165) is 89.9 Å². The smallest absolute Gasteiger partial charge is 0.306 e. The van der Waals surface area contributed by atoms with Gasteiger partial charge in [-0.3, -0.25) is 14.4 Å². The number of carbonyl (C=O) groups excluding carboxylic acids is 3. The highest BCUT2D eigenvalue weighted by Crippen LogP contribution is 2.17. The van der Waals surface area contributed by atoms with Crippen molar-refractivity contribution >= 4 is 17.9 Å². The van der Waals surface area contributed by atoms with Gasteiger partial charge in [0.1, 0.15) is 13.2 Å². The number of allylic oxidation sites excluding steroid dienone is 12. The zero-order chi connectivity index (χ0) is 57.1. The van der Waals surface area contributed by atoms with Crippen LogP contribution >= 0.6 is 0 Å². The minimum Gasteiger partial charge on any atom is -0.462 e. The quantitative estimate of drug-likeness (QED) is 0.0261. The fraction of sp³-hybridized carbons (Fsp3) is 0.795. The molecule has 0 heterocycles. The lowest BCUT2D eigenvalue weighted by Gasteiger charge is -2.18. The van der Waals surface area contributed by atoms with Crippen LogP contribution in [0.1, 0.15) is 355 Å². The molecule has 0 aliphatic carbocycles. The number of carbonyl (C=O) groups is 3. The topological polar surface area (TPSA) is 78.9 Å². The molecular weight excluding hydrogens is 973 g/mol. The average Bonchev–Trinajstić information content (AvgIpc) is 3.45. The first-order valence-electron chi connectivity index (χ1n) is 34.4. The molecule has 79 heavy (non-hydrogen) atoms. The highest BCUT2D eigenvalue weighted by molar-refractivity contribution is 5.71. The number of hydrogen-bond donors (Lipinski definition) is 0. The van der Waals surface area contributed by atoms with E-state index < -0.39 is 6.10 Å². The Kier molecular flexibility index (Phi) is 64.7. The maximum absolute atomic E-state index is 12.9. The second-order valence-corrected chi connectivity index (χ2v) is 23.1. The molecule has 0 aliphatic rings. The van der Waals surface area contributed by atoms with Gasteiger partial charge in [0.05, 0.1) is 0 Å². The minimum atomic E-state index is -0.779. The zero-order valence-corrected chi connectivity index (χ0v) is 52.6. The fourth-order valence-corrected chi connectivity index (χ4v) is 10.0. The molecule has 0 aromatic rings. The molecule has 6 nitrogen and oxygen atoms in total. The van der Waals surface area contributed by atoms with Gasteiger partial charge >= 0.3 is 17.9 Å². The third kappa shape index (κ3) is 65.5. The Morgan fingerprint density at radius 1 is 0.266 bits per heavy atom. The highest BCUT2D eigenvalue weighted by Gasteiger charge is 2.19. The van der Waals surface area contributed by atoms with Gasteiger partial charge in [0.15, 0.2) is 6.10 Å². The number of unbranched alkanes of at least 4 members (excludes halogenated alkanes) is 40. The summed E-state index contributed by atoms with van der Waals surface area (Å²) in [6, 6.07) is 0. The lowest BCUT2D eigenvalue weighted by Crippen LogP contribution is -2.30. The van der Waals surface area contributed by atoms with E-state index >= 15 is 0 Å². The summed E-state index contributed by atoms with van der Waals surface area (Å²) in [6.07, 6.45) is 87.9. The lowest BCUT2D eigenvalue weighted by atomic mass is 10.0. The summed E-state index contributed by atoms with van der Waals surface area (Å²) in [5.41, 5.74) is 0. The van der Waals surface area contributed by atoms with Crippen LogP contribution in [0.4, 0.5) is 0 Å². The van der Waals surface area contributed by atoms with Crippen molar-refractivity contribution in [1.29, 1.82) is 0 Å². The molecule has 0 spiro atoms. The van der Waals surface area contributed by atoms with Crippen molar-refractivity contribution in [2.45, 2.75) is 361 Å². The van der Waals surface area contributed by atoms with Crippen molar-refractivity contribution in [3.63, 3.8) is 0 Å². The first kappa shape index (κ1) is 75.8. The molecule has 0 bridgehead atoms. The van der Waals surface area contributed by atoms with Crippen molar-refractivity contribution < 1.29 is 28.6 Å². The van der Waals surface area contributed by atoms with Gasteiger partial charge in [0.2, 0.25) is 0 Å². The van der Waals surface area contributed by atoms with Gasteiger partial charge in [-0.1, -0.05) is 299 Å². The first-order valence-corrected chi connectivity index (χ1v) is 34.4. The van der Waals surface area contributed by atoms with E-state index in [-0.39, 0.29) is 31.1 Å². The van der Waals surface area contributed by atoms with Gasteiger partial charge in [-0.15, -0.1) is 0 Å². The van der Waals surface area contributed by atoms with Crippen LogP contribution in [0, 0.1) is 0 Å². The molecule has 6 heteroatoms. The normalized spacial score (nSPS) is 12.5. The van der Waals surface area contributed by atoms with Crippen LogP contribution in [-0.4, -0.2) is 37.2 Å². The van der Waals surface area contributed by atoms with Gasteiger partial charge in [-0.25, -0.2) is 0 Å². The largest absolute Gasteiger partial charge is 0.462 e. The van der Waals surface area contributed by atoms with Crippen molar-refractivity contribution in [2.75, 3.05) is 13.2 Å². The molecule has 0 aromatic carbocycles. The van der Waals surface area contributed by atoms with Crippen LogP contribution < -0.4 is 0 Å². The summed E-state index contributed by atoms with van der Waals surface area (Å²) >= 11 is 0. The van der Waals surface area contributed by atoms with E-state index in [2.05, 4.69) is 93.7 Å². The third-order valence-corrected chi connectivity index (χ3v) is 15.2. The predicted molar refractivity (Wildman–Crippen MR) is 344 cm³/mol. The van der Waals surface area contributed by atoms with Gasteiger partial charge in [-0.2, -0.15) is 0 Å². The van der Waals surface area contributed by atoms with Crippen molar-refractivity contribution in [1.82, 2.24) is 0 Å². The number of ether oxygens (including phenoxy) is 3. The maximum atomic E-state index is 12.9. The summed E-state index contributed by atoms with van der Waals surface area (Å²) in [5, 5.41) is 0. The van der Waals surface area contributed by atoms with E-state index in [1.807, 2.05) is 0 Å². The SMILES string of the molecule is CC/C=C\C/C=C\C/C=C\C/C=C\CCCCCCCCCCCCCCCCCCCCC(=O)OCC(COC(=O)CCCCCCC/C=C\CCCCC)OC(=O)CCCCCCCCC/C=C\CCCCCCCCC. The fourth-order valence-electron chi connectivity index (χ4n) is 10.0. The van der Waals surface area contributed by atoms with Crippen LogP contribution in [0.2, 0.25) is 0 Å². The van der Waals surface area contributed by atoms with E-state index in [1.165, 1.54) is 225 Å². The van der Waals surface area contributed by atoms with Crippen LogP contribution in [-0.2, 0) is 28.6 Å². The van der Waals surface area contributed by atoms with Gasteiger partial charge in [-0.05, 0) is 109 Å². The molecule has 1 atom stereocenters. The molecule has 0 fully saturated rings. The molecular formula is C73H130O6. The zero-order valence-electron chi connectivity index (χ0n) is 52.6. The number of rotatable bonds is 63. The predicted octanol–water partition coefficient (Wildman–Crippen LogP) is 23.7. The Bertz CT molecular complexity index is 1450. The molecule has 0 amide bonds. The maximum Gasteiger partial charge on any atom is 0.306 e. The number of esters is 3. The summed E-state index contributed by atoms with van der Waals surface area (Å²) in [7, 11) is 0. The van der Waals surface area contributed by atoms with Crippen LogP contribution in [0.3, 0.4) is 0 Å². The standard InChI is InChI=1S/C73H130O6/c1-4-7-10-13-16-19-22-25-27-29-31-32-33-34-35-36-37-38-39-40-41-42-43-45-46-48-51-54-57-60-63-66-72(75)78-69-70(68-77-71(74)65-62-59-56-53-50-24-21-18-15-12-9-6-3)79-73(76)67-64-61-58-55-52-49-47-44-30-28-26-23-20-17-14-11-8-5-2/h7,10,16,18-19,21,25,27-28,30-32,70H,4-6,8-9,11-15,17,20,22-24,26,29,33-69H2,1-3H3/b10-7-,19-16-,21-18-,27-25-,30-28-,32-31-. The lowest BCUT2D eigenvalue weighted by molar-refractivity contribution is -0.167. The molecule has 458 valence electrons. The molecule has 0 radical (unpaired) electrons. The molecule has 1 unspecified atom stereocenters. The second kappa shape index (κ2) is 67.4. The van der Waals surface area contributed by atoms with E-state index in [9.17, 15) is 14.4 Å². The van der Waals surface area contributed by atoms with Gasteiger partial charge < -0.3 is 14.2 Å². The summed E-state index contributed by atoms with van der Waals surface area (Å²) in [4.78, 5) is 38.3. The van der Waals surface area contributed by atoms with Crippen LogP contribution in [0.5, 0.6) is 0 Å². The summed E-state index contributed by atoms with van der Waals surface area (Å²) in [6.45, 7) is 6.54. The Morgan fingerprint density at radius 2 is 0.494 bits per heavy atom. The minimum absolute atomic E-state index is 0.0756. The van der Waals surface area contributed by atoms with E-state index in [1.54, 1.807) is 0 Å². The molecule has 0 saturated carbocycles. The molecule has 0 saturated heterocycles. The second-order valence-electron chi connectivity index (χ2n) is 23.1. The Labute approximate surface area is 491 Å².